The highest BCUT2D eigenvalue weighted by Gasteiger charge is 2.32. The molecule has 2 heterocycles. The summed E-state index contributed by atoms with van der Waals surface area (Å²) in [6.45, 7) is 4.41. The van der Waals surface area contributed by atoms with E-state index in [-0.39, 0.29) is 6.04 Å². The van der Waals surface area contributed by atoms with Gasteiger partial charge in [0, 0.05) is 30.6 Å². The summed E-state index contributed by atoms with van der Waals surface area (Å²) in [7, 11) is 0. The van der Waals surface area contributed by atoms with Crippen molar-refractivity contribution in [2.75, 3.05) is 13.1 Å². The maximum absolute atomic E-state index is 12.5. The Kier molecular flexibility index (Phi) is 3.99. The zero-order chi connectivity index (χ0) is 13.3. The zero-order valence-corrected chi connectivity index (χ0v) is 11.0. The number of nitrogens with zero attached hydrogens (tertiary/aromatic N) is 1. The Hall–Kier alpha value is -0.590. The second kappa shape index (κ2) is 5.19. The molecule has 2 rings (SSSR count). The second-order valence-corrected chi connectivity index (χ2v) is 6.10. The van der Waals surface area contributed by atoms with Crippen LogP contribution in [0.1, 0.15) is 23.1 Å². The number of nitrogens with two attached hydrogens (primary N) is 1. The molecule has 0 saturated carbocycles. The number of likely N-dealkylation sites (tertiary alicyclic amines) is 1. The van der Waals surface area contributed by atoms with Gasteiger partial charge >= 0.3 is 6.18 Å². The van der Waals surface area contributed by atoms with Gasteiger partial charge in [-0.05, 0) is 24.5 Å². The number of alkyl halides is 3. The molecule has 0 radical (unpaired) electrons. The summed E-state index contributed by atoms with van der Waals surface area (Å²) in [4.78, 5) is 2.43. The predicted octanol–water partition coefficient (Wildman–Crippen LogP) is 2.94. The lowest BCUT2D eigenvalue weighted by Gasteiger charge is -2.34. The van der Waals surface area contributed by atoms with Gasteiger partial charge in [0.15, 0.2) is 0 Å². The van der Waals surface area contributed by atoms with Crippen LogP contribution >= 0.6 is 11.3 Å². The third-order valence-electron chi connectivity index (χ3n) is 3.38. The molecule has 2 atom stereocenters. The Balaban J connectivity index is 1.96. The number of thiophene rings is 1. The Labute approximate surface area is 109 Å². The van der Waals surface area contributed by atoms with Gasteiger partial charge < -0.3 is 5.73 Å². The van der Waals surface area contributed by atoms with E-state index >= 15 is 0 Å². The molecule has 2 N–H and O–H groups in total. The highest BCUT2D eigenvalue weighted by Crippen LogP contribution is 2.35. The predicted molar refractivity (Wildman–Crippen MR) is 66.4 cm³/mol. The highest BCUT2D eigenvalue weighted by atomic mass is 32.1. The zero-order valence-electron chi connectivity index (χ0n) is 10.2. The Morgan fingerprint density at radius 2 is 2.17 bits per heavy atom. The van der Waals surface area contributed by atoms with Gasteiger partial charge in [0.1, 0.15) is 4.88 Å². The Morgan fingerprint density at radius 3 is 2.72 bits per heavy atom. The summed E-state index contributed by atoms with van der Waals surface area (Å²) >= 11 is 0.838. The van der Waals surface area contributed by atoms with E-state index in [1.807, 2.05) is 0 Å². The van der Waals surface area contributed by atoms with Crippen molar-refractivity contribution < 1.29 is 13.2 Å². The first-order valence-corrected chi connectivity index (χ1v) is 6.82. The topological polar surface area (TPSA) is 29.3 Å². The molecule has 0 aliphatic carbocycles. The molecule has 0 amide bonds. The molecule has 1 aromatic heterocycles. The molecule has 2 nitrogen and oxygen atoms in total. The number of hydrogen-bond donors (Lipinski definition) is 1. The maximum Gasteiger partial charge on any atom is 0.425 e. The van der Waals surface area contributed by atoms with E-state index in [4.69, 9.17) is 5.73 Å². The van der Waals surface area contributed by atoms with Gasteiger partial charge in [-0.25, -0.2) is 0 Å². The van der Waals surface area contributed by atoms with Crippen LogP contribution in [0.2, 0.25) is 0 Å². The minimum Gasteiger partial charge on any atom is -0.327 e. The molecule has 0 aromatic carbocycles. The van der Waals surface area contributed by atoms with Gasteiger partial charge in [0.05, 0.1) is 0 Å². The van der Waals surface area contributed by atoms with Crippen molar-refractivity contribution in [3.8, 4) is 0 Å². The van der Waals surface area contributed by atoms with Crippen LogP contribution in [0.15, 0.2) is 12.1 Å². The summed E-state index contributed by atoms with van der Waals surface area (Å²) in [5.41, 5.74) is 5.92. The van der Waals surface area contributed by atoms with Crippen LogP contribution in [0.25, 0.3) is 0 Å². The van der Waals surface area contributed by atoms with Crippen LogP contribution < -0.4 is 5.73 Å². The molecule has 18 heavy (non-hydrogen) atoms. The number of halogens is 3. The van der Waals surface area contributed by atoms with E-state index in [0.717, 1.165) is 35.7 Å². The van der Waals surface area contributed by atoms with Crippen LogP contribution in [-0.4, -0.2) is 24.0 Å². The van der Waals surface area contributed by atoms with Crippen LogP contribution in [0, 0.1) is 5.92 Å². The smallest absolute Gasteiger partial charge is 0.327 e. The molecule has 6 heteroatoms. The summed E-state index contributed by atoms with van der Waals surface area (Å²) in [5.74, 6) is 0.404. The minimum absolute atomic E-state index is 0.218. The first-order valence-electron chi connectivity index (χ1n) is 6.00. The largest absolute Gasteiger partial charge is 0.425 e. The molecular formula is C12H17F3N2S. The Bertz CT molecular complexity index is 402. The molecule has 1 fully saturated rings. The monoisotopic (exact) mass is 278 g/mol. The third-order valence-corrected chi connectivity index (χ3v) is 4.49. The van der Waals surface area contributed by atoms with Crippen molar-refractivity contribution in [3.63, 3.8) is 0 Å². The normalized spacial score (nSPS) is 26.5. The van der Waals surface area contributed by atoms with Gasteiger partial charge in [-0.2, -0.15) is 13.2 Å². The lowest BCUT2D eigenvalue weighted by Crippen LogP contribution is -2.45. The van der Waals surface area contributed by atoms with Crippen LogP contribution in [0.4, 0.5) is 13.2 Å². The van der Waals surface area contributed by atoms with Crippen molar-refractivity contribution in [3.05, 3.63) is 21.9 Å². The van der Waals surface area contributed by atoms with Gasteiger partial charge in [-0.15, -0.1) is 11.3 Å². The average molecular weight is 278 g/mol. The van der Waals surface area contributed by atoms with Crippen LogP contribution in [0.5, 0.6) is 0 Å². The van der Waals surface area contributed by atoms with Crippen LogP contribution in [-0.2, 0) is 12.7 Å². The number of rotatable bonds is 2. The van der Waals surface area contributed by atoms with Crippen molar-refractivity contribution in [1.29, 1.82) is 0 Å². The molecule has 0 bridgehead atoms. The van der Waals surface area contributed by atoms with E-state index in [9.17, 15) is 13.2 Å². The minimum atomic E-state index is -4.22. The first-order chi connectivity index (χ1) is 8.36. The lowest BCUT2D eigenvalue weighted by molar-refractivity contribution is -0.134. The van der Waals surface area contributed by atoms with Gasteiger partial charge in [0.2, 0.25) is 0 Å². The number of piperidine rings is 1. The van der Waals surface area contributed by atoms with Gasteiger partial charge in [-0.1, -0.05) is 6.92 Å². The summed E-state index contributed by atoms with van der Waals surface area (Å²) in [6, 6.07) is 2.96. The molecule has 102 valence electrons. The van der Waals surface area contributed by atoms with E-state index in [0.29, 0.717) is 12.5 Å². The first kappa shape index (κ1) is 13.8. The van der Waals surface area contributed by atoms with Crippen molar-refractivity contribution in [2.24, 2.45) is 11.7 Å². The van der Waals surface area contributed by atoms with E-state index < -0.39 is 11.1 Å². The highest BCUT2D eigenvalue weighted by molar-refractivity contribution is 7.12. The fraction of sp³-hybridized carbons (Fsp3) is 0.667. The maximum atomic E-state index is 12.5. The quantitative estimate of drug-likeness (QED) is 0.901. The van der Waals surface area contributed by atoms with E-state index in [1.54, 1.807) is 6.07 Å². The third kappa shape index (κ3) is 3.24. The Morgan fingerprint density at radius 1 is 1.44 bits per heavy atom. The SMILES string of the molecule is CC1CN(Cc2ccc(C(F)(F)F)s2)CCC1N. The summed E-state index contributed by atoms with van der Waals surface area (Å²) < 4.78 is 37.4. The molecule has 1 aromatic rings. The van der Waals surface area contributed by atoms with Gasteiger partial charge in [-0.3, -0.25) is 4.90 Å². The molecular weight excluding hydrogens is 261 g/mol. The summed E-state index contributed by atoms with van der Waals surface area (Å²) in [5, 5.41) is 0. The fourth-order valence-electron chi connectivity index (χ4n) is 2.23. The van der Waals surface area contributed by atoms with Crippen molar-refractivity contribution >= 4 is 11.3 Å². The van der Waals surface area contributed by atoms with E-state index in [1.165, 1.54) is 6.07 Å². The average Bonchev–Trinajstić information content (AvgIpc) is 2.72. The molecule has 0 spiro atoms. The van der Waals surface area contributed by atoms with Crippen molar-refractivity contribution in [1.82, 2.24) is 4.90 Å². The summed E-state index contributed by atoms with van der Waals surface area (Å²) in [6.07, 6.45) is -3.31. The van der Waals surface area contributed by atoms with Gasteiger partial charge in [0.25, 0.3) is 0 Å². The fourth-order valence-corrected chi connectivity index (χ4v) is 3.15. The lowest BCUT2D eigenvalue weighted by atomic mass is 9.95. The van der Waals surface area contributed by atoms with Crippen molar-refractivity contribution in [2.45, 2.75) is 32.1 Å². The molecule has 2 unspecified atom stereocenters. The molecule has 1 saturated heterocycles. The number of hydrogen-bond acceptors (Lipinski definition) is 3. The molecule has 1 aliphatic heterocycles. The van der Waals surface area contributed by atoms with Crippen LogP contribution in [0.3, 0.4) is 0 Å². The van der Waals surface area contributed by atoms with E-state index in [2.05, 4.69) is 11.8 Å². The standard InChI is InChI=1S/C12H17F3N2S/c1-8-6-17(5-4-10(8)16)7-9-2-3-11(18-9)12(13,14)15/h2-3,8,10H,4-7,16H2,1H3. The molecule has 1 aliphatic rings. The second-order valence-electron chi connectivity index (χ2n) is 4.93.